The fourth-order valence-electron chi connectivity index (χ4n) is 2.23. The van der Waals surface area contributed by atoms with E-state index in [4.69, 9.17) is 14.6 Å². The Hall–Kier alpha value is -1.36. The molecule has 1 atom stereocenters. The van der Waals surface area contributed by atoms with E-state index in [1.54, 1.807) is 11.8 Å². The van der Waals surface area contributed by atoms with Gasteiger partial charge in [0.25, 0.3) is 0 Å². The minimum atomic E-state index is -0.756. The molecule has 0 aliphatic carbocycles. The van der Waals surface area contributed by atoms with E-state index in [1.165, 1.54) is 5.56 Å². The Labute approximate surface area is 123 Å². The molecule has 0 bridgehead atoms. The van der Waals surface area contributed by atoms with Crippen LogP contribution in [0.5, 0.6) is 11.5 Å². The maximum absolute atomic E-state index is 10.5. The second kappa shape index (κ2) is 6.88. The zero-order valence-electron chi connectivity index (χ0n) is 11.8. The SMILES string of the molecule is CCOc1cc2c(cc1CSCCC(=O)O)OC(C)C2. The predicted molar refractivity (Wildman–Crippen MR) is 79.8 cm³/mol. The van der Waals surface area contributed by atoms with E-state index in [0.29, 0.717) is 12.4 Å². The van der Waals surface area contributed by atoms with Crippen molar-refractivity contribution in [2.24, 2.45) is 0 Å². The van der Waals surface area contributed by atoms with Gasteiger partial charge in [0.15, 0.2) is 0 Å². The van der Waals surface area contributed by atoms with Crippen LogP contribution < -0.4 is 9.47 Å². The van der Waals surface area contributed by atoms with E-state index in [9.17, 15) is 4.79 Å². The summed E-state index contributed by atoms with van der Waals surface area (Å²) in [6, 6.07) is 4.10. The molecule has 1 aliphatic rings. The monoisotopic (exact) mass is 296 g/mol. The van der Waals surface area contributed by atoms with Crippen molar-refractivity contribution in [2.45, 2.75) is 38.5 Å². The maximum atomic E-state index is 10.5. The van der Waals surface area contributed by atoms with Crippen LogP contribution in [0, 0.1) is 0 Å². The molecular formula is C15H20O4S. The molecule has 0 radical (unpaired) electrons. The van der Waals surface area contributed by atoms with Gasteiger partial charge in [-0.1, -0.05) is 0 Å². The number of ether oxygens (including phenoxy) is 2. The van der Waals surface area contributed by atoms with Gasteiger partial charge in [0.1, 0.15) is 17.6 Å². The molecule has 0 aromatic heterocycles. The summed E-state index contributed by atoms with van der Waals surface area (Å²) in [6.45, 7) is 4.65. The molecule has 0 amide bonds. The number of fused-ring (bicyclic) bond motifs is 1. The molecule has 1 unspecified atom stereocenters. The van der Waals surface area contributed by atoms with Crippen molar-refractivity contribution in [2.75, 3.05) is 12.4 Å². The number of hydrogen-bond acceptors (Lipinski definition) is 4. The highest BCUT2D eigenvalue weighted by Gasteiger charge is 2.21. The first-order valence-electron chi connectivity index (χ1n) is 6.85. The van der Waals surface area contributed by atoms with Crippen LogP contribution in [0.4, 0.5) is 0 Å². The zero-order chi connectivity index (χ0) is 14.5. The van der Waals surface area contributed by atoms with Gasteiger partial charge in [-0.15, -0.1) is 0 Å². The van der Waals surface area contributed by atoms with Crippen LogP contribution in [0.1, 0.15) is 31.4 Å². The first-order chi connectivity index (χ1) is 9.60. The molecule has 1 aromatic rings. The highest BCUT2D eigenvalue weighted by molar-refractivity contribution is 7.98. The molecule has 0 fully saturated rings. The molecule has 1 aliphatic heterocycles. The summed E-state index contributed by atoms with van der Waals surface area (Å²) >= 11 is 1.60. The van der Waals surface area contributed by atoms with Gasteiger partial charge in [0, 0.05) is 29.1 Å². The Morgan fingerprint density at radius 2 is 2.35 bits per heavy atom. The molecule has 0 spiro atoms. The molecule has 20 heavy (non-hydrogen) atoms. The van der Waals surface area contributed by atoms with Crippen molar-refractivity contribution in [1.82, 2.24) is 0 Å². The molecule has 5 heteroatoms. The third kappa shape index (κ3) is 3.82. The lowest BCUT2D eigenvalue weighted by molar-refractivity contribution is -0.136. The van der Waals surface area contributed by atoms with Gasteiger partial charge in [-0.05, 0) is 26.0 Å². The van der Waals surface area contributed by atoms with Gasteiger partial charge in [0.05, 0.1) is 13.0 Å². The van der Waals surface area contributed by atoms with Crippen molar-refractivity contribution >= 4 is 17.7 Å². The largest absolute Gasteiger partial charge is 0.494 e. The molecule has 0 saturated carbocycles. The Kier molecular flexibility index (Phi) is 5.17. The quantitative estimate of drug-likeness (QED) is 0.783. The zero-order valence-corrected chi connectivity index (χ0v) is 12.7. The lowest BCUT2D eigenvalue weighted by Crippen LogP contribution is -2.05. The molecule has 1 aromatic carbocycles. The molecule has 1 heterocycles. The molecule has 0 saturated heterocycles. The molecule has 2 rings (SSSR count). The smallest absolute Gasteiger partial charge is 0.304 e. The number of carboxylic acid groups (broad SMARTS) is 1. The second-order valence-corrected chi connectivity index (χ2v) is 5.93. The van der Waals surface area contributed by atoms with E-state index in [1.807, 2.05) is 13.0 Å². The van der Waals surface area contributed by atoms with Crippen LogP contribution in [0.2, 0.25) is 0 Å². The van der Waals surface area contributed by atoms with Gasteiger partial charge in [-0.2, -0.15) is 11.8 Å². The highest BCUT2D eigenvalue weighted by Crippen LogP contribution is 2.36. The Balaban J connectivity index is 2.06. The number of carbonyl (C=O) groups is 1. The minimum absolute atomic E-state index is 0.188. The van der Waals surface area contributed by atoms with Crippen LogP contribution in [0.15, 0.2) is 12.1 Å². The van der Waals surface area contributed by atoms with Gasteiger partial charge >= 0.3 is 5.97 Å². The number of benzene rings is 1. The van der Waals surface area contributed by atoms with Crippen molar-refractivity contribution in [3.05, 3.63) is 23.3 Å². The van der Waals surface area contributed by atoms with E-state index < -0.39 is 5.97 Å². The van der Waals surface area contributed by atoms with Gasteiger partial charge in [-0.3, -0.25) is 4.79 Å². The summed E-state index contributed by atoms with van der Waals surface area (Å²) in [7, 11) is 0. The minimum Gasteiger partial charge on any atom is -0.494 e. The lowest BCUT2D eigenvalue weighted by Gasteiger charge is -2.12. The second-order valence-electron chi connectivity index (χ2n) is 4.83. The summed E-state index contributed by atoms with van der Waals surface area (Å²) in [6.07, 6.45) is 1.32. The van der Waals surface area contributed by atoms with Crippen molar-refractivity contribution in [3.63, 3.8) is 0 Å². The number of carboxylic acids is 1. The first kappa shape index (κ1) is 15.0. The van der Waals surface area contributed by atoms with Crippen LogP contribution >= 0.6 is 11.8 Å². The standard InChI is InChI=1S/C15H20O4S/c1-3-18-13-7-11-6-10(2)19-14(11)8-12(13)9-20-5-4-15(16)17/h7-8,10H,3-6,9H2,1-2H3,(H,16,17). The predicted octanol–water partition coefficient (Wildman–Crippen LogP) is 3.12. The fourth-order valence-corrected chi connectivity index (χ4v) is 3.13. The van der Waals surface area contributed by atoms with Crippen LogP contribution in [0.25, 0.3) is 0 Å². The Bertz CT molecular complexity index is 487. The van der Waals surface area contributed by atoms with E-state index in [2.05, 4.69) is 13.0 Å². The fraction of sp³-hybridized carbons (Fsp3) is 0.533. The highest BCUT2D eigenvalue weighted by atomic mass is 32.2. The molecule has 1 N–H and O–H groups in total. The maximum Gasteiger partial charge on any atom is 0.304 e. The van der Waals surface area contributed by atoms with Gasteiger partial charge in [-0.25, -0.2) is 0 Å². The number of thioether (sulfide) groups is 1. The third-order valence-corrected chi connectivity index (χ3v) is 4.10. The van der Waals surface area contributed by atoms with Gasteiger partial charge < -0.3 is 14.6 Å². The summed E-state index contributed by atoms with van der Waals surface area (Å²) in [5.74, 6) is 2.43. The van der Waals surface area contributed by atoms with Gasteiger partial charge in [0.2, 0.25) is 0 Å². The number of rotatable bonds is 7. The topological polar surface area (TPSA) is 55.8 Å². The normalized spacial score (nSPS) is 16.6. The summed E-state index contributed by atoms with van der Waals surface area (Å²) in [5, 5.41) is 8.65. The average molecular weight is 296 g/mol. The molecule has 4 nitrogen and oxygen atoms in total. The van der Waals surface area contributed by atoms with E-state index in [-0.39, 0.29) is 12.5 Å². The van der Waals surface area contributed by atoms with Crippen LogP contribution in [0.3, 0.4) is 0 Å². The average Bonchev–Trinajstić information content (AvgIpc) is 2.74. The van der Waals surface area contributed by atoms with Crippen LogP contribution in [-0.2, 0) is 17.0 Å². The molecule has 110 valence electrons. The number of aliphatic carboxylic acids is 1. The summed E-state index contributed by atoms with van der Waals surface area (Å²) in [5.41, 5.74) is 2.27. The van der Waals surface area contributed by atoms with Crippen molar-refractivity contribution in [3.8, 4) is 11.5 Å². The van der Waals surface area contributed by atoms with Crippen molar-refractivity contribution in [1.29, 1.82) is 0 Å². The van der Waals surface area contributed by atoms with E-state index >= 15 is 0 Å². The summed E-state index contributed by atoms with van der Waals surface area (Å²) < 4.78 is 11.5. The first-order valence-corrected chi connectivity index (χ1v) is 8.00. The van der Waals surface area contributed by atoms with Crippen molar-refractivity contribution < 1.29 is 19.4 Å². The Morgan fingerprint density at radius 1 is 1.55 bits per heavy atom. The Morgan fingerprint density at radius 3 is 3.05 bits per heavy atom. The number of hydrogen-bond donors (Lipinski definition) is 1. The summed E-state index contributed by atoms with van der Waals surface area (Å²) in [4.78, 5) is 10.5. The lowest BCUT2D eigenvalue weighted by atomic mass is 10.1. The van der Waals surface area contributed by atoms with E-state index in [0.717, 1.165) is 29.2 Å². The van der Waals surface area contributed by atoms with Crippen LogP contribution in [-0.4, -0.2) is 29.5 Å². The molecular weight excluding hydrogens is 276 g/mol. The third-order valence-electron chi connectivity index (χ3n) is 3.10.